The zero-order valence-corrected chi connectivity index (χ0v) is 14.4. The van der Waals surface area contributed by atoms with E-state index in [4.69, 9.17) is 0 Å². The summed E-state index contributed by atoms with van der Waals surface area (Å²) in [6.45, 7) is 3.71. The van der Waals surface area contributed by atoms with Crippen molar-refractivity contribution in [3.05, 3.63) is 100 Å². The van der Waals surface area contributed by atoms with Crippen molar-refractivity contribution < 1.29 is 19.8 Å². The van der Waals surface area contributed by atoms with Gasteiger partial charge in [0.1, 0.15) is 11.5 Å². The van der Waals surface area contributed by atoms with Gasteiger partial charge in [-0.05, 0) is 17.2 Å². The van der Waals surface area contributed by atoms with Crippen LogP contribution in [-0.4, -0.2) is 21.8 Å². The Kier molecular flexibility index (Phi) is 3.89. The molecule has 3 aromatic rings. The van der Waals surface area contributed by atoms with Gasteiger partial charge in [-0.15, -0.1) is 0 Å². The van der Waals surface area contributed by atoms with Gasteiger partial charge >= 0.3 is 0 Å². The molecule has 0 saturated heterocycles. The molecule has 27 heavy (non-hydrogen) atoms. The lowest BCUT2D eigenvalue weighted by molar-refractivity contribution is 0.0974. The quantitative estimate of drug-likeness (QED) is 0.542. The lowest BCUT2D eigenvalue weighted by atomic mass is 9.81. The Labute approximate surface area is 156 Å². The van der Waals surface area contributed by atoms with Crippen molar-refractivity contribution in [2.45, 2.75) is 6.42 Å². The van der Waals surface area contributed by atoms with Crippen molar-refractivity contribution in [3.63, 3.8) is 0 Å². The minimum atomic E-state index is -0.463. The number of carbonyl (C=O) groups is 2. The summed E-state index contributed by atoms with van der Waals surface area (Å²) in [4.78, 5) is 25.6. The molecular weight excluding hydrogens is 340 g/mol. The Bertz CT molecular complexity index is 1110. The summed E-state index contributed by atoms with van der Waals surface area (Å²) in [6, 6.07) is 15.3. The monoisotopic (exact) mass is 356 g/mol. The SMILES string of the molecule is C=Cc1ccc(Cc2cc(O)c3c(c2O)C(=O)c2ccccc2C3=O)cc1. The fourth-order valence-corrected chi connectivity index (χ4v) is 3.44. The Morgan fingerprint density at radius 1 is 0.852 bits per heavy atom. The van der Waals surface area contributed by atoms with E-state index in [1.807, 2.05) is 24.3 Å². The number of benzene rings is 3. The number of hydrogen-bond acceptors (Lipinski definition) is 4. The summed E-state index contributed by atoms with van der Waals surface area (Å²) in [7, 11) is 0. The van der Waals surface area contributed by atoms with E-state index in [1.54, 1.807) is 30.3 Å². The zero-order valence-electron chi connectivity index (χ0n) is 14.4. The molecule has 0 radical (unpaired) electrons. The number of aromatic hydroxyl groups is 2. The van der Waals surface area contributed by atoms with Crippen LogP contribution in [0.2, 0.25) is 0 Å². The van der Waals surface area contributed by atoms with E-state index < -0.39 is 11.6 Å². The number of hydrogen-bond donors (Lipinski definition) is 2. The predicted molar refractivity (Wildman–Crippen MR) is 102 cm³/mol. The molecule has 0 amide bonds. The highest BCUT2D eigenvalue weighted by Gasteiger charge is 2.35. The third-order valence-corrected chi connectivity index (χ3v) is 4.84. The first-order chi connectivity index (χ1) is 13.0. The van der Waals surface area contributed by atoms with E-state index in [1.165, 1.54) is 6.07 Å². The molecule has 0 fully saturated rings. The van der Waals surface area contributed by atoms with Crippen molar-refractivity contribution in [2.75, 3.05) is 0 Å². The van der Waals surface area contributed by atoms with Gasteiger partial charge in [-0.1, -0.05) is 61.2 Å². The molecule has 0 unspecified atom stereocenters. The van der Waals surface area contributed by atoms with Crippen molar-refractivity contribution in [1.82, 2.24) is 0 Å². The normalized spacial score (nSPS) is 12.4. The van der Waals surface area contributed by atoms with Gasteiger partial charge in [-0.2, -0.15) is 0 Å². The predicted octanol–water partition coefficient (Wildman–Crippen LogP) is 4.11. The lowest BCUT2D eigenvalue weighted by Crippen LogP contribution is -2.21. The Morgan fingerprint density at radius 2 is 1.44 bits per heavy atom. The van der Waals surface area contributed by atoms with E-state index in [9.17, 15) is 19.8 Å². The van der Waals surface area contributed by atoms with Crippen LogP contribution in [0.4, 0.5) is 0 Å². The van der Waals surface area contributed by atoms with Crippen molar-refractivity contribution in [3.8, 4) is 11.5 Å². The average molecular weight is 356 g/mol. The second-order valence-corrected chi connectivity index (χ2v) is 6.48. The molecule has 3 aromatic carbocycles. The van der Waals surface area contributed by atoms with E-state index in [0.717, 1.165) is 11.1 Å². The largest absolute Gasteiger partial charge is 0.507 e. The maximum absolute atomic E-state index is 12.9. The van der Waals surface area contributed by atoms with Gasteiger partial charge in [-0.25, -0.2) is 0 Å². The number of fused-ring (bicyclic) bond motifs is 2. The van der Waals surface area contributed by atoms with Crippen LogP contribution < -0.4 is 0 Å². The molecular formula is C23H16O4. The van der Waals surface area contributed by atoms with Crippen LogP contribution in [0.5, 0.6) is 11.5 Å². The number of phenolic OH excluding ortho intramolecular Hbond substituents is 2. The Balaban J connectivity index is 1.83. The topological polar surface area (TPSA) is 74.6 Å². The highest BCUT2D eigenvalue weighted by atomic mass is 16.3. The molecule has 4 rings (SSSR count). The summed E-state index contributed by atoms with van der Waals surface area (Å²) < 4.78 is 0. The first-order valence-corrected chi connectivity index (χ1v) is 8.49. The van der Waals surface area contributed by atoms with Crippen LogP contribution in [0.3, 0.4) is 0 Å². The number of phenols is 2. The minimum absolute atomic E-state index is 0.128. The fourth-order valence-electron chi connectivity index (χ4n) is 3.44. The Morgan fingerprint density at radius 3 is 2.04 bits per heavy atom. The molecule has 4 heteroatoms. The molecule has 0 aliphatic heterocycles. The fraction of sp³-hybridized carbons (Fsp3) is 0.0435. The first kappa shape index (κ1) is 16.8. The molecule has 1 aliphatic rings. The highest BCUT2D eigenvalue weighted by Crippen LogP contribution is 2.40. The molecule has 0 aromatic heterocycles. The third kappa shape index (κ3) is 2.62. The summed E-state index contributed by atoms with van der Waals surface area (Å²) in [5.41, 5.74) is 2.45. The number of ketones is 2. The van der Waals surface area contributed by atoms with E-state index in [2.05, 4.69) is 6.58 Å². The number of carbonyl (C=O) groups excluding carboxylic acids is 2. The van der Waals surface area contributed by atoms with E-state index >= 15 is 0 Å². The molecule has 0 bridgehead atoms. The third-order valence-electron chi connectivity index (χ3n) is 4.84. The average Bonchev–Trinajstić information content (AvgIpc) is 2.69. The smallest absolute Gasteiger partial charge is 0.198 e. The van der Waals surface area contributed by atoms with Gasteiger partial charge in [0.2, 0.25) is 0 Å². The van der Waals surface area contributed by atoms with Crippen molar-refractivity contribution in [1.29, 1.82) is 0 Å². The lowest BCUT2D eigenvalue weighted by Gasteiger charge is -2.21. The van der Waals surface area contributed by atoms with Gasteiger partial charge in [0.15, 0.2) is 11.6 Å². The summed E-state index contributed by atoms with van der Waals surface area (Å²) in [6.07, 6.45) is 2.04. The van der Waals surface area contributed by atoms with Crippen molar-refractivity contribution >= 4 is 17.6 Å². The van der Waals surface area contributed by atoms with E-state index in [-0.39, 0.29) is 33.8 Å². The van der Waals surface area contributed by atoms with Crippen LogP contribution in [0.15, 0.2) is 61.2 Å². The molecule has 0 spiro atoms. The standard InChI is InChI=1S/C23H16O4/c1-2-13-7-9-14(10-8-13)11-15-12-18(24)19-20(21(15)25)23(27)17-6-4-3-5-16(17)22(19)26/h2-10,12,24-25H,1,11H2. The van der Waals surface area contributed by atoms with Gasteiger partial charge in [0.25, 0.3) is 0 Å². The first-order valence-electron chi connectivity index (χ1n) is 8.49. The second-order valence-electron chi connectivity index (χ2n) is 6.48. The van der Waals surface area contributed by atoms with Gasteiger partial charge in [0, 0.05) is 23.1 Å². The van der Waals surface area contributed by atoms with E-state index in [0.29, 0.717) is 12.0 Å². The van der Waals surface area contributed by atoms with Crippen LogP contribution in [0, 0.1) is 0 Å². The highest BCUT2D eigenvalue weighted by molar-refractivity contribution is 6.30. The van der Waals surface area contributed by atoms with Gasteiger partial charge in [0.05, 0.1) is 11.1 Å². The molecule has 0 saturated carbocycles. The zero-order chi connectivity index (χ0) is 19.1. The van der Waals surface area contributed by atoms with Gasteiger partial charge in [-0.3, -0.25) is 9.59 Å². The van der Waals surface area contributed by atoms with Gasteiger partial charge < -0.3 is 10.2 Å². The summed E-state index contributed by atoms with van der Waals surface area (Å²) >= 11 is 0. The van der Waals surface area contributed by atoms with Crippen molar-refractivity contribution in [2.24, 2.45) is 0 Å². The number of rotatable bonds is 3. The summed E-state index contributed by atoms with van der Waals surface area (Å²) in [5, 5.41) is 21.2. The second kappa shape index (κ2) is 6.25. The minimum Gasteiger partial charge on any atom is -0.507 e. The molecule has 4 nitrogen and oxygen atoms in total. The molecule has 0 heterocycles. The maximum atomic E-state index is 12.9. The summed E-state index contributed by atoms with van der Waals surface area (Å²) in [5.74, 6) is -1.48. The Hall–Kier alpha value is -3.66. The molecule has 132 valence electrons. The van der Waals surface area contributed by atoms with Crippen LogP contribution in [0.1, 0.15) is 48.5 Å². The van der Waals surface area contributed by atoms with Crippen LogP contribution in [-0.2, 0) is 6.42 Å². The van der Waals surface area contributed by atoms with Crippen LogP contribution in [0.25, 0.3) is 6.08 Å². The maximum Gasteiger partial charge on any atom is 0.198 e. The molecule has 0 atom stereocenters. The molecule has 2 N–H and O–H groups in total. The van der Waals surface area contributed by atoms with Crippen LogP contribution >= 0.6 is 0 Å². The molecule has 1 aliphatic carbocycles.